The van der Waals surface area contributed by atoms with Crippen LogP contribution in [-0.4, -0.2) is 11.0 Å². The second kappa shape index (κ2) is 3.91. The molecule has 0 aliphatic heterocycles. The van der Waals surface area contributed by atoms with Crippen LogP contribution in [0.5, 0.6) is 0 Å². The van der Waals surface area contributed by atoms with Crippen LogP contribution in [0.4, 0.5) is 8.78 Å². The zero-order valence-electron chi connectivity index (χ0n) is 6.63. The Kier molecular flexibility index (Phi) is 3.11. The van der Waals surface area contributed by atoms with E-state index < -0.39 is 6.43 Å². The second-order valence-corrected chi connectivity index (χ2v) is 3.59. The first-order valence-electron chi connectivity index (χ1n) is 3.57. The normalized spacial score (nSPS) is 13.8. The molecular formula is C7H10F2N2S. The van der Waals surface area contributed by atoms with Gasteiger partial charge in [0.2, 0.25) is 0 Å². The maximum Gasteiger partial charge on any atom is 0.281 e. The minimum Gasteiger partial charge on any atom is -0.328 e. The van der Waals surface area contributed by atoms with Crippen LogP contribution in [0.15, 0.2) is 5.38 Å². The number of hydrogen-bond acceptors (Lipinski definition) is 3. The van der Waals surface area contributed by atoms with Crippen molar-refractivity contribution in [2.24, 2.45) is 5.73 Å². The fourth-order valence-corrected chi connectivity index (χ4v) is 1.72. The SMILES string of the molecule is CC(N)Cc1nc(C(F)F)cs1. The summed E-state index contributed by atoms with van der Waals surface area (Å²) < 4.78 is 24.1. The first-order chi connectivity index (χ1) is 5.59. The molecule has 68 valence electrons. The highest BCUT2D eigenvalue weighted by Gasteiger charge is 2.11. The van der Waals surface area contributed by atoms with Crippen molar-refractivity contribution >= 4 is 11.3 Å². The molecule has 1 unspecified atom stereocenters. The number of alkyl halides is 2. The third kappa shape index (κ3) is 2.49. The Morgan fingerprint density at radius 1 is 1.67 bits per heavy atom. The van der Waals surface area contributed by atoms with Gasteiger partial charge < -0.3 is 5.73 Å². The van der Waals surface area contributed by atoms with Crippen LogP contribution in [0.2, 0.25) is 0 Å². The van der Waals surface area contributed by atoms with Crippen LogP contribution in [0, 0.1) is 0 Å². The van der Waals surface area contributed by atoms with Gasteiger partial charge in [0, 0.05) is 17.8 Å². The Morgan fingerprint density at radius 3 is 2.75 bits per heavy atom. The molecule has 0 spiro atoms. The molecule has 0 fully saturated rings. The summed E-state index contributed by atoms with van der Waals surface area (Å²) in [4.78, 5) is 3.74. The van der Waals surface area contributed by atoms with Gasteiger partial charge in [-0.2, -0.15) is 0 Å². The van der Waals surface area contributed by atoms with Gasteiger partial charge in [0.25, 0.3) is 6.43 Å². The standard InChI is InChI=1S/C7H10F2N2S/c1-4(10)2-6-11-5(3-12-6)7(8)9/h3-4,7H,2,10H2,1H3. The van der Waals surface area contributed by atoms with Gasteiger partial charge in [0.1, 0.15) is 5.69 Å². The lowest BCUT2D eigenvalue weighted by molar-refractivity contribution is 0.146. The van der Waals surface area contributed by atoms with Gasteiger partial charge in [-0.15, -0.1) is 11.3 Å². The monoisotopic (exact) mass is 192 g/mol. The van der Waals surface area contributed by atoms with Crippen molar-refractivity contribution in [3.63, 3.8) is 0 Å². The maximum absolute atomic E-state index is 12.0. The molecule has 0 aliphatic carbocycles. The zero-order valence-corrected chi connectivity index (χ0v) is 7.44. The van der Waals surface area contributed by atoms with Gasteiger partial charge in [-0.3, -0.25) is 0 Å². The predicted octanol–water partition coefficient (Wildman–Crippen LogP) is 1.97. The molecule has 2 N–H and O–H groups in total. The fourth-order valence-electron chi connectivity index (χ4n) is 0.795. The summed E-state index contributed by atoms with van der Waals surface area (Å²) in [6, 6.07) is -0.0262. The topological polar surface area (TPSA) is 38.9 Å². The Balaban J connectivity index is 2.64. The smallest absolute Gasteiger partial charge is 0.281 e. The molecule has 12 heavy (non-hydrogen) atoms. The summed E-state index contributed by atoms with van der Waals surface area (Å²) in [5.74, 6) is 0. The van der Waals surface area contributed by atoms with Gasteiger partial charge in [-0.05, 0) is 6.92 Å². The van der Waals surface area contributed by atoms with Crippen molar-refractivity contribution in [2.75, 3.05) is 0 Å². The molecule has 0 radical (unpaired) electrons. The van der Waals surface area contributed by atoms with Crippen molar-refractivity contribution in [2.45, 2.75) is 25.8 Å². The molecule has 2 nitrogen and oxygen atoms in total. The first kappa shape index (κ1) is 9.54. The summed E-state index contributed by atoms with van der Waals surface area (Å²) in [6.45, 7) is 1.82. The Morgan fingerprint density at radius 2 is 2.33 bits per heavy atom. The average Bonchev–Trinajstić information content (AvgIpc) is 2.34. The number of aromatic nitrogens is 1. The van der Waals surface area contributed by atoms with E-state index >= 15 is 0 Å². The molecule has 5 heteroatoms. The van der Waals surface area contributed by atoms with Crippen molar-refractivity contribution in [3.05, 3.63) is 16.1 Å². The van der Waals surface area contributed by atoms with Crippen molar-refractivity contribution in [1.29, 1.82) is 0 Å². The zero-order chi connectivity index (χ0) is 9.14. The number of thiazole rings is 1. The molecule has 1 heterocycles. The van der Waals surface area contributed by atoms with Crippen molar-refractivity contribution in [3.8, 4) is 0 Å². The highest BCUT2D eigenvalue weighted by molar-refractivity contribution is 7.09. The van der Waals surface area contributed by atoms with Crippen LogP contribution in [0.1, 0.15) is 24.1 Å². The van der Waals surface area contributed by atoms with E-state index in [-0.39, 0.29) is 11.7 Å². The molecule has 0 aromatic carbocycles. The van der Waals surface area contributed by atoms with Crippen LogP contribution in [0.3, 0.4) is 0 Å². The fraction of sp³-hybridized carbons (Fsp3) is 0.571. The average molecular weight is 192 g/mol. The summed E-state index contributed by atoms with van der Waals surface area (Å²) in [7, 11) is 0. The molecule has 0 saturated heterocycles. The lowest BCUT2D eigenvalue weighted by Gasteiger charge is -1.98. The Labute approximate surface area is 73.4 Å². The highest BCUT2D eigenvalue weighted by Crippen LogP contribution is 2.21. The summed E-state index contributed by atoms with van der Waals surface area (Å²) in [6.07, 6.45) is -1.90. The summed E-state index contributed by atoms with van der Waals surface area (Å²) >= 11 is 1.24. The van der Waals surface area contributed by atoms with Crippen LogP contribution in [0.25, 0.3) is 0 Å². The number of rotatable bonds is 3. The lowest BCUT2D eigenvalue weighted by atomic mass is 10.3. The molecule has 1 atom stereocenters. The van der Waals surface area contributed by atoms with E-state index in [2.05, 4.69) is 4.98 Å². The maximum atomic E-state index is 12.0. The quantitative estimate of drug-likeness (QED) is 0.795. The van der Waals surface area contributed by atoms with Crippen LogP contribution in [-0.2, 0) is 6.42 Å². The molecule has 1 rings (SSSR count). The van der Waals surface area contributed by atoms with E-state index in [0.717, 1.165) is 0 Å². The predicted molar refractivity (Wildman–Crippen MR) is 44.4 cm³/mol. The molecular weight excluding hydrogens is 182 g/mol. The Hall–Kier alpha value is -0.550. The van der Waals surface area contributed by atoms with E-state index in [1.807, 2.05) is 6.92 Å². The third-order valence-corrected chi connectivity index (χ3v) is 2.18. The largest absolute Gasteiger partial charge is 0.328 e. The van der Waals surface area contributed by atoms with E-state index in [4.69, 9.17) is 5.73 Å². The highest BCUT2D eigenvalue weighted by atomic mass is 32.1. The molecule has 1 aromatic heterocycles. The van der Waals surface area contributed by atoms with E-state index in [9.17, 15) is 8.78 Å². The molecule has 1 aromatic rings. The van der Waals surface area contributed by atoms with E-state index in [1.54, 1.807) is 0 Å². The van der Waals surface area contributed by atoms with E-state index in [0.29, 0.717) is 11.4 Å². The molecule has 0 amide bonds. The van der Waals surface area contributed by atoms with Gasteiger partial charge in [0.05, 0.1) is 5.01 Å². The van der Waals surface area contributed by atoms with Crippen LogP contribution >= 0.6 is 11.3 Å². The minimum absolute atomic E-state index is 0.0262. The molecule has 0 saturated carbocycles. The van der Waals surface area contributed by atoms with Gasteiger partial charge in [-0.1, -0.05) is 0 Å². The third-order valence-electron chi connectivity index (χ3n) is 1.29. The van der Waals surface area contributed by atoms with Crippen molar-refractivity contribution < 1.29 is 8.78 Å². The van der Waals surface area contributed by atoms with Crippen LogP contribution < -0.4 is 5.73 Å². The van der Waals surface area contributed by atoms with Gasteiger partial charge >= 0.3 is 0 Å². The van der Waals surface area contributed by atoms with E-state index in [1.165, 1.54) is 16.7 Å². The Bertz CT molecular complexity index is 247. The second-order valence-electron chi connectivity index (χ2n) is 2.65. The van der Waals surface area contributed by atoms with Gasteiger partial charge in [0.15, 0.2) is 0 Å². The minimum atomic E-state index is -2.47. The number of nitrogens with zero attached hydrogens (tertiary/aromatic N) is 1. The summed E-state index contributed by atoms with van der Waals surface area (Å²) in [5, 5.41) is 2.06. The number of halogens is 2. The summed E-state index contributed by atoms with van der Waals surface area (Å²) in [5.41, 5.74) is 5.35. The van der Waals surface area contributed by atoms with Crippen molar-refractivity contribution in [1.82, 2.24) is 4.98 Å². The molecule has 0 bridgehead atoms. The first-order valence-corrected chi connectivity index (χ1v) is 4.45. The lowest BCUT2D eigenvalue weighted by Crippen LogP contribution is -2.17. The van der Waals surface area contributed by atoms with Gasteiger partial charge in [-0.25, -0.2) is 13.8 Å². The number of nitrogens with two attached hydrogens (primary N) is 1. The molecule has 0 aliphatic rings. The number of hydrogen-bond donors (Lipinski definition) is 1.